The smallest absolute Gasteiger partial charge is 0.272 e. The van der Waals surface area contributed by atoms with Crippen LogP contribution in [0.4, 0.5) is 4.39 Å². The first-order valence-electron chi connectivity index (χ1n) is 6.32. The molecule has 0 aliphatic rings. The number of carbonyl (C=O) groups excluding carboxylic acids is 1. The molecular formula is C14H12BrFN2O4S. The van der Waals surface area contributed by atoms with Crippen LogP contribution in [0, 0.1) is 5.82 Å². The van der Waals surface area contributed by atoms with Crippen LogP contribution in [0.3, 0.4) is 0 Å². The van der Waals surface area contributed by atoms with Crippen molar-refractivity contribution >= 4 is 31.9 Å². The second-order valence-electron chi connectivity index (χ2n) is 4.33. The Balaban J connectivity index is 1.89. The van der Waals surface area contributed by atoms with E-state index in [2.05, 4.69) is 15.9 Å². The average molecular weight is 403 g/mol. The van der Waals surface area contributed by atoms with Gasteiger partial charge in [0, 0.05) is 4.47 Å². The Labute approximate surface area is 140 Å². The molecule has 2 N–H and O–H groups in total. The summed E-state index contributed by atoms with van der Waals surface area (Å²) in [7, 11) is -3.91. The quantitative estimate of drug-likeness (QED) is 0.723. The Hall–Kier alpha value is -1.97. The lowest BCUT2D eigenvalue weighted by molar-refractivity contribution is -0.123. The van der Waals surface area contributed by atoms with Crippen molar-refractivity contribution in [3.8, 4) is 5.75 Å². The van der Waals surface area contributed by atoms with E-state index in [1.165, 1.54) is 30.3 Å². The Morgan fingerprint density at radius 1 is 1.13 bits per heavy atom. The van der Waals surface area contributed by atoms with Crippen LogP contribution in [0.25, 0.3) is 0 Å². The van der Waals surface area contributed by atoms with E-state index in [4.69, 9.17) is 4.74 Å². The minimum Gasteiger partial charge on any atom is -0.484 e. The molecule has 0 heterocycles. The van der Waals surface area contributed by atoms with Crippen LogP contribution in [0.5, 0.6) is 5.75 Å². The summed E-state index contributed by atoms with van der Waals surface area (Å²) in [6, 6.07) is 11.2. The summed E-state index contributed by atoms with van der Waals surface area (Å²) in [6.45, 7) is -0.426. The van der Waals surface area contributed by atoms with Gasteiger partial charge in [0.05, 0.1) is 4.90 Å². The minimum absolute atomic E-state index is 0.0141. The van der Waals surface area contributed by atoms with Crippen LogP contribution in [-0.2, 0) is 14.8 Å². The maximum absolute atomic E-state index is 12.7. The van der Waals surface area contributed by atoms with Crippen molar-refractivity contribution in [2.75, 3.05) is 6.61 Å². The minimum atomic E-state index is -3.91. The largest absolute Gasteiger partial charge is 0.484 e. The van der Waals surface area contributed by atoms with Gasteiger partial charge in [-0.3, -0.25) is 10.2 Å². The highest BCUT2D eigenvalue weighted by Crippen LogP contribution is 2.20. The Morgan fingerprint density at radius 3 is 2.43 bits per heavy atom. The number of nitrogens with one attached hydrogen (secondary N) is 2. The number of benzene rings is 2. The molecule has 0 bridgehead atoms. The monoisotopic (exact) mass is 402 g/mol. The molecule has 2 aromatic carbocycles. The van der Waals surface area contributed by atoms with Crippen LogP contribution >= 0.6 is 15.9 Å². The Morgan fingerprint density at radius 2 is 1.78 bits per heavy atom. The fourth-order valence-corrected chi connectivity index (χ4v) is 3.42. The van der Waals surface area contributed by atoms with E-state index in [0.717, 1.165) is 0 Å². The Kier molecular flexibility index (Phi) is 5.69. The molecule has 0 saturated heterocycles. The number of amides is 1. The first-order valence-corrected chi connectivity index (χ1v) is 8.59. The number of hydrogen-bond acceptors (Lipinski definition) is 4. The van der Waals surface area contributed by atoms with Gasteiger partial charge < -0.3 is 4.74 Å². The molecule has 0 spiro atoms. The van der Waals surface area contributed by atoms with E-state index in [1.807, 2.05) is 10.3 Å². The topological polar surface area (TPSA) is 84.5 Å². The van der Waals surface area contributed by atoms with Crippen molar-refractivity contribution in [1.29, 1.82) is 0 Å². The van der Waals surface area contributed by atoms with Crippen molar-refractivity contribution in [2.24, 2.45) is 0 Å². The van der Waals surface area contributed by atoms with Gasteiger partial charge in [-0.25, -0.2) is 12.8 Å². The summed E-state index contributed by atoms with van der Waals surface area (Å²) in [5.41, 5.74) is 2.03. The third-order valence-corrected chi connectivity index (χ3v) is 4.89. The summed E-state index contributed by atoms with van der Waals surface area (Å²) in [6.07, 6.45) is 0. The van der Waals surface area contributed by atoms with Gasteiger partial charge in [-0.2, -0.15) is 0 Å². The summed E-state index contributed by atoms with van der Waals surface area (Å²) in [4.78, 5) is 13.5. The van der Waals surface area contributed by atoms with Gasteiger partial charge >= 0.3 is 0 Å². The number of halogens is 2. The van der Waals surface area contributed by atoms with Crippen LogP contribution in [0.2, 0.25) is 0 Å². The lowest BCUT2D eigenvalue weighted by Gasteiger charge is -2.10. The zero-order valence-electron chi connectivity index (χ0n) is 11.6. The summed E-state index contributed by atoms with van der Waals surface area (Å²) in [5.74, 6) is -0.844. The number of sulfonamides is 1. The molecule has 9 heteroatoms. The molecule has 0 radical (unpaired) electrons. The van der Waals surface area contributed by atoms with Gasteiger partial charge in [-0.1, -0.05) is 12.1 Å². The molecule has 2 aromatic rings. The molecule has 23 heavy (non-hydrogen) atoms. The molecule has 0 saturated carbocycles. The summed E-state index contributed by atoms with van der Waals surface area (Å²) < 4.78 is 42.2. The van der Waals surface area contributed by atoms with E-state index in [9.17, 15) is 17.6 Å². The molecule has 122 valence electrons. The highest BCUT2D eigenvalue weighted by Gasteiger charge is 2.17. The Bertz CT molecular complexity index is 797. The lowest BCUT2D eigenvalue weighted by Crippen LogP contribution is -2.43. The van der Waals surface area contributed by atoms with E-state index in [1.54, 1.807) is 18.2 Å². The van der Waals surface area contributed by atoms with Gasteiger partial charge in [0.2, 0.25) is 0 Å². The van der Waals surface area contributed by atoms with E-state index in [-0.39, 0.29) is 10.6 Å². The highest BCUT2D eigenvalue weighted by molar-refractivity contribution is 9.10. The van der Waals surface area contributed by atoms with Crippen molar-refractivity contribution in [1.82, 2.24) is 10.3 Å². The van der Waals surface area contributed by atoms with Crippen LogP contribution in [-0.4, -0.2) is 20.9 Å². The van der Waals surface area contributed by atoms with E-state index < -0.39 is 28.4 Å². The molecule has 6 nitrogen and oxygen atoms in total. The lowest BCUT2D eigenvalue weighted by atomic mass is 10.3. The van der Waals surface area contributed by atoms with E-state index >= 15 is 0 Å². The highest BCUT2D eigenvalue weighted by atomic mass is 79.9. The summed E-state index contributed by atoms with van der Waals surface area (Å²) >= 11 is 3.12. The van der Waals surface area contributed by atoms with Gasteiger partial charge in [-0.15, -0.1) is 4.83 Å². The maximum atomic E-state index is 12.7. The molecule has 2 rings (SSSR count). The SMILES string of the molecule is O=C(COc1ccc(F)cc1)NNS(=O)(=O)c1ccccc1Br. The standard InChI is InChI=1S/C14H12BrFN2O4S/c15-12-3-1-2-4-13(12)23(20,21)18-17-14(19)9-22-11-7-5-10(16)6-8-11/h1-8,18H,9H2,(H,17,19). The van der Waals surface area contributed by atoms with Gasteiger partial charge in [0.25, 0.3) is 15.9 Å². The number of rotatable bonds is 6. The maximum Gasteiger partial charge on any atom is 0.272 e. The van der Waals surface area contributed by atoms with Gasteiger partial charge in [0.1, 0.15) is 11.6 Å². The van der Waals surface area contributed by atoms with Crippen molar-refractivity contribution in [3.63, 3.8) is 0 Å². The van der Waals surface area contributed by atoms with Gasteiger partial charge in [0.15, 0.2) is 6.61 Å². The molecular weight excluding hydrogens is 391 g/mol. The third kappa shape index (κ3) is 5.02. The molecule has 0 fully saturated rings. The fourth-order valence-electron chi connectivity index (χ4n) is 1.56. The number of hydrogen-bond donors (Lipinski definition) is 2. The van der Waals surface area contributed by atoms with Crippen LogP contribution in [0.15, 0.2) is 57.9 Å². The molecule has 0 unspecified atom stereocenters. The fraction of sp³-hybridized carbons (Fsp3) is 0.0714. The van der Waals surface area contributed by atoms with Crippen molar-refractivity contribution < 1.29 is 22.3 Å². The molecule has 0 aromatic heterocycles. The normalized spacial score (nSPS) is 11.0. The second kappa shape index (κ2) is 7.53. The first-order chi connectivity index (χ1) is 10.9. The molecule has 0 aliphatic heterocycles. The molecule has 1 amide bonds. The third-order valence-electron chi connectivity index (χ3n) is 2.63. The average Bonchev–Trinajstić information content (AvgIpc) is 2.53. The predicted molar refractivity (Wildman–Crippen MR) is 84.5 cm³/mol. The number of hydrazine groups is 1. The zero-order chi connectivity index (χ0) is 16.9. The van der Waals surface area contributed by atoms with Gasteiger partial charge in [-0.05, 0) is 52.3 Å². The zero-order valence-corrected chi connectivity index (χ0v) is 14.0. The van der Waals surface area contributed by atoms with Crippen LogP contribution in [0.1, 0.15) is 0 Å². The molecule has 0 aliphatic carbocycles. The second-order valence-corrected chi connectivity index (χ2v) is 6.83. The van der Waals surface area contributed by atoms with Crippen molar-refractivity contribution in [3.05, 3.63) is 58.8 Å². The first kappa shape index (κ1) is 17.4. The van der Waals surface area contributed by atoms with Crippen LogP contribution < -0.4 is 15.0 Å². The number of carbonyl (C=O) groups is 1. The predicted octanol–water partition coefficient (Wildman–Crippen LogP) is 1.98. The molecule has 0 atom stereocenters. The van der Waals surface area contributed by atoms with Crippen molar-refractivity contribution in [2.45, 2.75) is 4.90 Å². The number of ether oxygens (including phenoxy) is 1. The van der Waals surface area contributed by atoms with E-state index in [0.29, 0.717) is 4.47 Å². The summed E-state index contributed by atoms with van der Waals surface area (Å²) in [5, 5.41) is 0.